The molecule has 0 saturated carbocycles. The van der Waals surface area contributed by atoms with E-state index in [-0.39, 0.29) is 12.1 Å². The number of hydrogen-bond acceptors (Lipinski definition) is 8. The van der Waals surface area contributed by atoms with E-state index in [0.717, 1.165) is 36.5 Å². The summed E-state index contributed by atoms with van der Waals surface area (Å²) >= 11 is 1.82. The number of thiophene rings is 1. The van der Waals surface area contributed by atoms with E-state index in [0.29, 0.717) is 11.7 Å². The Kier molecular flexibility index (Phi) is 3.90. The monoisotopic (exact) mass is 371 g/mol. The second-order valence-corrected chi connectivity index (χ2v) is 8.11. The quantitative estimate of drug-likeness (QED) is 0.699. The van der Waals surface area contributed by atoms with Crippen molar-refractivity contribution < 1.29 is 9.26 Å². The molecular weight excluding hydrogens is 350 g/mol. The van der Waals surface area contributed by atoms with Crippen LogP contribution in [0.15, 0.2) is 10.9 Å². The van der Waals surface area contributed by atoms with E-state index in [2.05, 4.69) is 20.0 Å². The molecule has 0 spiro atoms. The van der Waals surface area contributed by atoms with Gasteiger partial charge in [0.15, 0.2) is 5.82 Å². The van der Waals surface area contributed by atoms with Crippen LogP contribution in [-0.4, -0.2) is 39.9 Å². The second-order valence-electron chi connectivity index (χ2n) is 7.03. The molecule has 136 valence electrons. The molecule has 1 fully saturated rings. The molecular formula is C18H21N5O2S. The van der Waals surface area contributed by atoms with Crippen molar-refractivity contribution in [1.82, 2.24) is 20.1 Å². The van der Waals surface area contributed by atoms with Crippen LogP contribution in [0.3, 0.4) is 0 Å². The zero-order valence-corrected chi connectivity index (χ0v) is 15.8. The lowest BCUT2D eigenvalue weighted by molar-refractivity contribution is 0.117. The van der Waals surface area contributed by atoms with Gasteiger partial charge in [-0.15, -0.1) is 11.3 Å². The maximum absolute atomic E-state index is 5.66. The predicted octanol–water partition coefficient (Wildman–Crippen LogP) is 3.23. The van der Waals surface area contributed by atoms with Crippen molar-refractivity contribution >= 4 is 27.4 Å². The Balaban J connectivity index is 1.64. The fourth-order valence-corrected chi connectivity index (χ4v) is 5.40. The smallest absolute Gasteiger partial charge is 0.249 e. The van der Waals surface area contributed by atoms with Gasteiger partial charge in [-0.25, -0.2) is 9.97 Å². The van der Waals surface area contributed by atoms with Crippen LogP contribution in [0.1, 0.15) is 47.5 Å². The Morgan fingerprint density at radius 2 is 2.15 bits per heavy atom. The summed E-state index contributed by atoms with van der Waals surface area (Å²) in [4.78, 5) is 18.6. The van der Waals surface area contributed by atoms with Crippen LogP contribution in [-0.2, 0) is 17.6 Å². The lowest BCUT2D eigenvalue weighted by Gasteiger charge is -2.24. The Morgan fingerprint density at radius 3 is 2.96 bits per heavy atom. The van der Waals surface area contributed by atoms with Crippen molar-refractivity contribution in [2.45, 2.75) is 51.2 Å². The summed E-state index contributed by atoms with van der Waals surface area (Å²) in [6.07, 6.45) is 7.38. The molecule has 0 bridgehead atoms. The van der Waals surface area contributed by atoms with Crippen molar-refractivity contribution in [2.24, 2.45) is 0 Å². The highest BCUT2D eigenvalue weighted by Crippen LogP contribution is 2.43. The van der Waals surface area contributed by atoms with E-state index in [1.54, 1.807) is 13.4 Å². The van der Waals surface area contributed by atoms with Gasteiger partial charge in [0.2, 0.25) is 5.89 Å². The number of aryl methyl sites for hydroxylation is 3. The Morgan fingerprint density at radius 1 is 1.27 bits per heavy atom. The molecule has 1 aliphatic carbocycles. The second kappa shape index (κ2) is 6.28. The van der Waals surface area contributed by atoms with Gasteiger partial charge in [0.1, 0.15) is 23.0 Å². The minimum atomic E-state index is -0.0154. The number of nitrogens with zero attached hydrogens (tertiary/aromatic N) is 5. The molecule has 0 amide bonds. The molecule has 3 aromatic heterocycles. The molecule has 1 saturated heterocycles. The normalized spacial score (nSPS) is 22.9. The number of aromatic nitrogens is 4. The first kappa shape index (κ1) is 16.1. The summed E-state index contributed by atoms with van der Waals surface area (Å²) < 4.78 is 11.2. The zero-order valence-electron chi connectivity index (χ0n) is 14.9. The van der Waals surface area contributed by atoms with Crippen molar-refractivity contribution in [3.8, 4) is 0 Å². The van der Waals surface area contributed by atoms with E-state index in [4.69, 9.17) is 14.2 Å². The molecule has 0 N–H and O–H groups in total. The van der Waals surface area contributed by atoms with Crippen molar-refractivity contribution in [1.29, 1.82) is 0 Å². The van der Waals surface area contributed by atoms with Gasteiger partial charge in [0, 0.05) is 25.0 Å². The highest BCUT2D eigenvalue weighted by molar-refractivity contribution is 7.19. The van der Waals surface area contributed by atoms with Crippen LogP contribution in [0, 0.1) is 6.92 Å². The number of rotatable bonds is 3. The molecule has 2 aliphatic rings. The summed E-state index contributed by atoms with van der Waals surface area (Å²) in [5, 5.41) is 5.19. The third-order valence-corrected chi connectivity index (χ3v) is 6.63. The van der Waals surface area contributed by atoms with E-state index >= 15 is 0 Å². The highest BCUT2D eigenvalue weighted by atomic mass is 32.1. The van der Waals surface area contributed by atoms with E-state index < -0.39 is 0 Å². The fraction of sp³-hybridized carbons (Fsp3) is 0.556. The number of ether oxygens (including phenoxy) is 1. The number of hydrogen-bond donors (Lipinski definition) is 0. The number of methoxy groups -OCH3 is 1. The third kappa shape index (κ3) is 2.51. The van der Waals surface area contributed by atoms with Crippen LogP contribution in [0.2, 0.25) is 0 Å². The lowest BCUT2D eigenvalue weighted by atomic mass is 9.97. The Labute approximate surface area is 155 Å². The van der Waals surface area contributed by atoms with Crippen LogP contribution in [0.4, 0.5) is 5.82 Å². The average molecular weight is 371 g/mol. The molecule has 5 rings (SSSR count). The first-order chi connectivity index (χ1) is 12.7. The molecule has 3 aromatic rings. The largest absolute Gasteiger partial charge is 0.380 e. The molecule has 0 radical (unpaired) electrons. The molecule has 2 atom stereocenters. The summed E-state index contributed by atoms with van der Waals surface area (Å²) in [7, 11) is 1.76. The zero-order chi connectivity index (χ0) is 17.7. The van der Waals surface area contributed by atoms with Gasteiger partial charge < -0.3 is 14.2 Å². The third-order valence-electron chi connectivity index (χ3n) is 5.43. The van der Waals surface area contributed by atoms with Gasteiger partial charge in [-0.1, -0.05) is 5.16 Å². The van der Waals surface area contributed by atoms with Crippen LogP contribution in [0.25, 0.3) is 10.2 Å². The van der Waals surface area contributed by atoms with Crippen molar-refractivity contribution in [3.63, 3.8) is 0 Å². The minimum Gasteiger partial charge on any atom is -0.380 e. The first-order valence-corrected chi connectivity index (χ1v) is 9.91. The molecule has 2 unspecified atom stereocenters. The van der Waals surface area contributed by atoms with Gasteiger partial charge in [0.25, 0.3) is 0 Å². The topological polar surface area (TPSA) is 77.2 Å². The van der Waals surface area contributed by atoms with E-state index in [1.807, 2.05) is 18.3 Å². The van der Waals surface area contributed by atoms with Crippen LogP contribution in [0.5, 0.6) is 0 Å². The van der Waals surface area contributed by atoms with Crippen LogP contribution < -0.4 is 4.90 Å². The Hall–Kier alpha value is -2.06. The van der Waals surface area contributed by atoms with Gasteiger partial charge in [-0.2, -0.15) is 4.98 Å². The lowest BCUT2D eigenvalue weighted by Crippen LogP contribution is -2.26. The molecule has 1 aliphatic heterocycles. The number of fused-ring (bicyclic) bond motifs is 3. The summed E-state index contributed by atoms with van der Waals surface area (Å²) in [6, 6.07) is -0.0154. The summed E-state index contributed by atoms with van der Waals surface area (Å²) in [5.41, 5.74) is 1.44. The maximum atomic E-state index is 5.66. The average Bonchev–Trinajstić information content (AvgIpc) is 3.36. The van der Waals surface area contributed by atoms with Gasteiger partial charge >= 0.3 is 0 Å². The maximum Gasteiger partial charge on any atom is 0.249 e. The molecule has 7 nitrogen and oxygen atoms in total. The van der Waals surface area contributed by atoms with Gasteiger partial charge in [-0.3, -0.25) is 0 Å². The van der Waals surface area contributed by atoms with E-state index in [1.165, 1.54) is 28.7 Å². The summed E-state index contributed by atoms with van der Waals surface area (Å²) in [6.45, 7) is 2.61. The summed E-state index contributed by atoms with van der Waals surface area (Å²) in [5.74, 6) is 2.27. The highest BCUT2D eigenvalue weighted by Gasteiger charge is 2.39. The minimum absolute atomic E-state index is 0.0154. The molecule has 8 heteroatoms. The number of anilines is 1. The SMILES string of the molecule is COC1CC(c2nc(C)no2)N(c2ncnc3sc4c(c23)CCCC4)C1. The van der Waals surface area contributed by atoms with Gasteiger partial charge in [-0.05, 0) is 38.2 Å². The van der Waals surface area contributed by atoms with Crippen molar-refractivity contribution in [3.05, 3.63) is 28.5 Å². The first-order valence-electron chi connectivity index (χ1n) is 9.09. The molecule has 26 heavy (non-hydrogen) atoms. The Bertz CT molecular complexity index is 952. The van der Waals surface area contributed by atoms with E-state index in [9.17, 15) is 0 Å². The fourth-order valence-electron chi connectivity index (χ4n) is 4.18. The van der Waals surface area contributed by atoms with Gasteiger partial charge in [0.05, 0.1) is 11.5 Å². The standard InChI is InChI=1S/C18H21N5O2S/c1-10-21-17(25-22-10)13-7-11(24-2)8-23(13)16-15-12-5-3-4-6-14(12)26-18(15)20-9-19-16/h9,11,13H,3-8H2,1-2H3. The van der Waals surface area contributed by atoms with Crippen molar-refractivity contribution in [2.75, 3.05) is 18.6 Å². The molecule has 4 heterocycles. The predicted molar refractivity (Wildman–Crippen MR) is 98.6 cm³/mol. The molecule has 0 aromatic carbocycles. The van der Waals surface area contributed by atoms with Crippen LogP contribution >= 0.6 is 11.3 Å².